The molecule has 0 amide bonds. The van der Waals surface area contributed by atoms with Gasteiger partial charge in [0.25, 0.3) is 0 Å². The number of fused-ring (bicyclic) bond motifs is 1. The highest BCUT2D eigenvalue weighted by Gasteiger charge is 2.18. The fourth-order valence-electron chi connectivity index (χ4n) is 2.16. The number of nitrogens with one attached hydrogen (secondary N) is 1. The molecule has 2 aromatic rings. The van der Waals surface area contributed by atoms with Gasteiger partial charge in [0.1, 0.15) is 0 Å². The topological polar surface area (TPSA) is 43.4 Å². The molecule has 0 radical (unpaired) electrons. The third-order valence-electron chi connectivity index (χ3n) is 3.31. The maximum atomic E-state index is 6.17. The largest absolute Gasteiger partial charge is 0.454 e. The Morgan fingerprint density at radius 2 is 2.10 bits per heavy atom. The highest BCUT2D eigenvalue weighted by atomic mass is 35.5. The lowest BCUT2D eigenvalue weighted by Crippen LogP contribution is -2.18. The summed E-state index contributed by atoms with van der Waals surface area (Å²) in [6, 6.07) is 8.11. The van der Waals surface area contributed by atoms with Crippen molar-refractivity contribution >= 4 is 11.6 Å². The van der Waals surface area contributed by atoms with Crippen LogP contribution in [-0.2, 0) is 6.54 Å². The normalized spacial score (nSPS) is 14.3. The Labute approximate surface area is 122 Å². The highest BCUT2D eigenvalue weighted by molar-refractivity contribution is 6.32. The molecule has 104 valence electrons. The van der Waals surface area contributed by atoms with Crippen LogP contribution in [-0.4, -0.2) is 11.8 Å². The zero-order chi connectivity index (χ0) is 13.9. The van der Waals surface area contributed by atoms with E-state index in [2.05, 4.69) is 17.2 Å². The van der Waals surface area contributed by atoms with Gasteiger partial charge in [-0.3, -0.25) is 4.98 Å². The Bertz CT molecular complexity index is 604. The Kier molecular flexibility index (Phi) is 3.76. The van der Waals surface area contributed by atoms with E-state index in [9.17, 15) is 0 Å². The van der Waals surface area contributed by atoms with Gasteiger partial charge in [0, 0.05) is 25.0 Å². The van der Waals surface area contributed by atoms with Crippen molar-refractivity contribution in [2.45, 2.75) is 19.5 Å². The first-order chi connectivity index (χ1) is 9.74. The van der Waals surface area contributed by atoms with Gasteiger partial charge in [0.15, 0.2) is 11.5 Å². The summed E-state index contributed by atoms with van der Waals surface area (Å²) in [7, 11) is 0. The van der Waals surface area contributed by atoms with Crippen LogP contribution < -0.4 is 14.8 Å². The van der Waals surface area contributed by atoms with Crippen molar-refractivity contribution < 1.29 is 9.47 Å². The standard InChI is InChI=1S/C15H15ClN2O2/c1-10(12-2-4-17-5-3-12)18-8-11-6-13(16)15-14(7-11)19-9-20-15/h2-7,10,18H,8-9H2,1H3/t10-/m1/s1. The van der Waals surface area contributed by atoms with Gasteiger partial charge in [-0.1, -0.05) is 11.6 Å². The van der Waals surface area contributed by atoms with Crippen LogP contribution in [0, 0.1) is 0 Å². The number of hydrogen-bond acceptors (Lipinski definition) is 4. The molecule has 1 aromatic heterocycles. The van der Waals surface area contributed by atoms with Crippen molar-refractivity contribution in [2.24, 2.45) is 0 Å². The molecule has 3 rings (SSSR count). The Morgan fingerprint density at radius 1 is 1.30 bits per heavy atom. The molecule has 5 heteroatoms. The van der Waals surface area contributed by atoms with Crippen LogP contribution in [0.4, 0.5) is 0 Å². The maximum Gasteiger partial charge on any atom is 0.231 e. The molecule has 0 saturated heterocycles. The van der Waals surface area contributed by atoms with Crippen molar-refractivity contribution in [3.63, 3.8) is 0 Å². The summed E-state index contributed by atoms with van der Waals surface area (Å²) < 4.78 is 10.7. The van der Waals surface area contributed by atoms with Crippen LogP contribution in [0.1, 0.15) is 24.1 Å². The van der Waals surface area contributed by atoms with Crippen LogP contribution in [0.15, 0.2) is 36.7 Å². The second-order valence-corrected chi connectivity index (χ2v) is 5.10. The van der Waals surface area contributed by atoms with E-state index in [0.717, 1.165) is 5.56 Å². The molecule has 0 aliphatic carbocycles. The minimum absolute atomic E-state index is 0.235. The SMILES string of the molecule is C[C@@H](NCc1cc(Cl)c2c(c1)OCO2)c1ccncc1. The van der Waals surface area contributed by atoms with Gasteiger partial charge in [-0.2, -0.15) is 0 Å². The molecule has 0 unspecified atom stereocenters. The summed E-state index contributed by atoms with van der Waals surface area (Å²) in [6.45, 7) is 3.06. The molecule has 1 aromatic carbocycles. The van der Waals surface area contributed by atoms with E-state index in [-0.39, 0.29) is 12.8 Å². The fourth-order valence-corrected chi connectivity index (χ4v) is 2.45. The van der Waals surface area contributed by atoms with Gasteiger partial charge in [-0.05, 0) is 42.3 Å². The van der Waals surface area contributed by atoms with Crippen LogP contribution in [0.3, 0.4) is 0 Å². The fraction of sp³-hybridized carbons (Fsp3) is 0.267. The molecule has 0 bridgehead atoms. The highest BCUT2D eigenvalue weighted by Crippen LogP contribution is 2.39. The first kappa shape index (κ1) is 13.2. The van der Waals surface area contributed by atoms with E-state index in [1.54, 1.807) is 12.4 Å². The van der Waals surface area contributed by atoms with Crippen molar-refractivity contribution in [3.05, 3.63) is 52.8 Å². The molecule has 4 nitrogen and oxygen atoms in total. The van der Waals surface area contributed by atoms with Gasteiger partial charge < -0.3 is 14.8 Å². The van der Waals surface area contributed by atoms with Crippen LogP contribution in [0.25, 0.3) is 0 Å². The van der Waals surface area contributed by atoms with E-state index in [4.69, 9.17) is 21.1 Å². The van der Waals surface area contributed by atoms with Crippen molar-refractivity contribution in [3.8, 4) is 11.5 Å². The molecular formula is C15H15ClN2O2. The number of pyridine rings is 1. The lowest BCUT2D eigenvalue weighted by Gasteiger charge is -2.14. The second-order valence-electron chi connectivity index (χ2n) is 4.69. The number of ether oxygens (including phenoxy) is 2. The Balaban J connectivity index is 1.68. The lowest BCUT2D eigenvalue weighted by molar-refractivity contribution is 0.174. The third-order valence-corrected chi connectivity index (χ3v) is 3.59. The summed E-state index contributed by atoms with van der Waals surface area (Å²) >= 11 is 6.17. The van der Waals surface area contributed by atoms with Crippen molar-refractivity contribution in [1.29, 1.82) is 0 Å². The minimum atomic E-state index is 0.235. The molecule has 1 aliphatic rings. The van der Waals surface area contributed by atoms with E-state index >= 15 is 0 Å². The van der Waals surface area contributed by atoms with Gasteiger partial charge in [-0.15, -0.1) is 0 Å². The molecule has 0 spiro atoms. The van der Waals surface area contributed by atoms with Crippen LogP contribution in [0.5, 0.6) is 11.5 Å². The average Bonchev–Trinajstić information content (AvgIpc) is 2.94. The summed E-state index contributed by atoms with van der Waals surface area (Å²) in [5.41, 5.74) is 2.27. The summed E-state index contributed by atoms with van der Waals surface area (Å²) in [4.78, 5) is 4.02. The molecule has 1 N–H and O–H groups in total. The van der Waals surface area contributed by atoms with E-state index in [0.29, 0.717) is 23.1 Å². The number of benzene rings is 1. The smallest absolute Gasteiger partial charge is 0.231 e. The number of aromatic nitrogens is 1. The van der Waals surface area contributed by atoms with Gasteiger partial charge in [0.05, 0.1) is 5.02 Å². The van der Waals surface area contributed by atoms with Crippen molar-refractivity contribution in [1.82, 2.24) is 10.3 Å². The van der Waals surface area contributed by atoms with Gasteiger partial charge in [-0.25, -0.2) is 0 Å². The molecule has 0 saturated carbocycles. The molecule has 1 atom stereocenters. The first-order valence-electron chi connectivity index (χ1n) is 6.45. The molecule has 0 fully saturated rings. The third kappa shape index (κ3) is 2.71. The lowest BCUT2D eigenvalue weighted by atomic mass is 10.1. The average molecular weight is 291 g/mol. The summed E-state index contributed by atoms with van der Waals surface area (Å²) in [6.07, 6.45) is 3.59. The summed E-state index contributed by atoms with van der Waals surface area (Å²) in [5.74, 6) is 1.35. The number of nitrogens with zero attached hydrogens (tertiary/aromatic N) is 1. The van der Waals surface area contributed by atoms with Gasteiger partial charge in [0.2, 0.25) is 6.79 Å². The predicted octanol–water partition coefficient (Wildman–Crippen LogP) is 3.31. The van der Waals surface area contributed by atoms with Crippen LogP contribution >= 0.6 is 11.6 Å². The number of halogens is 1. The zero-order valence-corrected chi connectivity index (χ0v) is 11.9. The van der Waals surface area contributed by atoms with Crippen molar-refractivity contribution in [2.75, 3.05) is 6.79 Å². The van der Waals surface area contributed by atoms with E-state index in [1.165, 1.54) is 5.56 Å². The predicted molar refractivity (Wildman–Crippen MR) is 77.1 cm³/mol. The maximum absolute atomic E-state index is 6.17. The monoisotopic (exact) mass is 290 g/mol. The minimum Gasteiger partial charge on any atom is -0.454 e. The second kappa shape index (κ2) is 5.69. The van der Waals surface area contributed by atoms with E-state index in [1.807, 2.05) is 24.3 Å². The first-order valence-corrected chi connectivity index (χ1v) is 6.83. The summed E-state index contributed by atoms with van der Waals surface area (Å²) in [5, 5.41) is 4.04. The van der Waals surface area contributed by atoms with Crippen LogP contribution in [0.2, 0.25) is 5.02 Å². The van der Waals surface area contributed by atoms with E-state index < -0.39 is 0 Å². The Morgan fingerprint density at radius 3 is 2.90 bits per heavy atom. The molecule has 1 aliphatic heterocycles. The van der Waals surface area contributed by atoms with Gasteiger partial charge >= 0.3 is 0 Å². The Hall–Kier alpha value is -1.78. The quantitative estimate of drug-likeness (QED) is 0.938. The zero-order valence-electron chi connectivity index (χ0n) is 11.1. The molecule has 2 heterocycles. The molecular weight excluding hydrogens is 276 g/mol. The number of rotatable bonds is 4. The molecule has 20 heavy (non-hydrogen) atoms. The number of hydrogen-bond donors (Lipinski definition) is 1.